The van der Waals surface area contributed by atoms with Gasteiger partial charge in [0, 0.05) is 30.0 Å². The summed E-state index contributed by atoms with van der Waals surface area (Å²) in [4.78, 5) is 13.4. The van der Waals surface area contributed by atoms with Gasteiger partial charge in [0.1, 0.15) is 12.1 Å². The van der Waals surface area contributed by atoms with E-state index in [2.05, 4.69) is 13.0 Å². The molecule has 0 bridgehead atoms. The molecule has 1 saturated heterocycles. The highest BCUT2D eigenvalue weighted by Gasteiger charge is 2.26. The van der Waals surface area contributed by atoms with Gasteiger partial charge in [0.2, 0.25) is 0 Å². The highest BCUT2D eigenvalue weighted by molar-refractivity contribution is 5.84. The first kappa shape index (κ1) is 16.2. The molecule has 124 valence electrons. The second-order valence-electron chi connectivity index (χ2n) is 6.84. The van der Waals surface area contributed by atoms with Gasteiger partial charge in [0.15, 0.2) is 0 Å². The Labute approximate surface area is 136 Å². The predicted molar refractivity (Wildman–Crippen MR) is 90.8 cm³/mol. The van der Waals surface area contributed by atoms with Gasteiger partial charge in [-0.3, -0.25) is 0 Å². The first-order valence-corrected chi connectivity index (χ1v) is 8.58. The molecule has 1 aromatic heterocycles. The minimum Gasteiger partial charge on any atom is -0.423 e. The summed E-state index contributed by atoms with van der Waals surface area (Å²) in [6.45, 7) is 6.28. The summed E-state index contributed by atoms with van der Waals surface area (Å²) in [6, 6.07) is 6.23. The molecule has 4 nitrogen and oxygen atoms in total. The van der Waals surface area contributed by atoms with E-state index in [1.807, 2.05) is 13.0 Å². The van der Waals surface area contributed by atoms with Crippen LogP contribution in [0.3, 0.4) is 0 Å². The Bertz CT molecular complexity index is 748. The molecule has 2 heterocycles. The van der Waals surface area contributed by atoms with Crippen LogP contribution in [-0.2, 0) is 6.54 Å². The third-order valence-corrected chi connectivity index (χ3v) is 5.04. The molecule has 23 heavy (non-hydrogen) atoms. The van der Waals surface area contributed by atoms with E-state index in [4.69, 9.17) is 4.42 Å². The highest BCUT2D eigenvalue weighted by Crippen LogP contribution is 2.23. The second-order valence-corrected chi connectivity index (χ2v) is 6.84. The maximum atomic E-state index is 12.0. The van der Waals surface area contributed by atoms with Crippen molar-refractivity contribution in [2.45, 2.75) is 52.1 Å². The van der Waals surface area contributed by atoms with Crippen molar-refractivity contribution in [2.75, 3.05) is 13.2 Å². The molecule has 2 atom stereocenters. The molecule has 2 aromatic rings. The fourth-order valence-electron chi connectivity index (χ4n) is 4.04. The molecular formula is C19H26NO3+. The Morgan fingerprint density at radius 1 is 1.26 bits per heavy atom. The molecule has 0 saturated carbocycles. The van der Waals surface area contributed by atoms with Gasteiger partial charge in [0.25, 0.3) is 0 Å². The Hall–Kier alpha value is -1.65. The Morgan fingerprint density at radius 2 is 2.09 bits per heavy atom. The van der Waals surface area contributed by atoms with E-state index in [1.54, 1.807) is 6.07 Å². The van der Waals surface area contributed by atoms with Crippen LogP contribution in [0.4, 0.5) is 0 Å². The van der Waals surface area contributed by atoms with Gasteiger partial charge in [-0.1, -0.05) is 6.07 Å². The van der Waals surface area contributed by atoms with E-state index in [0.29, 0.717) is 11.6 Å². The number of rotatable bonds is 4. The molecule has 4 heteroatoms. The van der Waals surface area contributed by atoms with Gasteiger partial charge in [0.05, 0.1) is 12.6 Å². The van der Waals surface area contributed by atoms with E-state index in [0.717, 1.165) is 48.0 Å². The van der Waals surface area contributed by atoms with Crippen LogP contribution in [0.1, 0.15) is 42.4 Å². The Morgan fingerprint density at radius 3 is 2.87 bits per heavy atom. The van der Waals surface area contributed by atoms with Crippen molar-refractivity contribution < 1.29 is 14.4 Å². The maximum absolute atomic E-state index is 12.0. The lowest BCUT2D eigenvalue weighted by Crippen LogP contribution is -3.15. The molecule has 1 aliphatic rings. The van der Waals surface area contributed by atoms with Crippen LogP contribution in [0, 0.1) is 13.8 Å². The lowest BCUT2D eigenvalue weighted by molar-refractivity contribution is -0.944. The normalized spacial score (nSPS) is 21.7. The molecule has 1 aromatic carbocycles. The third kappa shape index (κ3) is 3.48. The number of nitrogens with one attached hydrogen (secondary N) is 1. The summed E-state index contributed by atoms with van der Waals surface area (Å²) in [6.07, 6.45) is 4.46. The van der Waals surface area contributed by atoms with Gasteiger partial charge in [-0.05, 0) is 50.3 Å². The molecule has 0 aliphatic carbocycles. The number of aryl methyl sites for hydroxylation is 2. The van der Waals surface area contributed by atoms with Crippen LogP contribution < -0.4 is 10.5 Å². The third-order valence-electron chi connectivity index (χ3n) is 5.04. The zero-order valence-electron chi connectivity index (χ0n) is 14.0. The highest BCUT2D eigenvalue weighted by atomic mass is 16.4. The minimum absolute atomic E-state index is 0.240. The number of aliphatic hydroxyl groups is 1. The summed E-state index contributed by atoms with van der Waals surface area (Å²) in [7, 11) is 0. The van der Waals surface area contributed by atoms with Crippen molar-refractivity contribution in [3.63, 3.8) is 0 Å². The van der Waals surface area contributed by atoms with Crippen LogP contribution in [0.25, 0.3) is 11.0 Å². The summed E-state index contributed by atoms with van der Waals surface area (Å²) < 4.78 is 5.42. The Kier molecular flexibility index (Phi) is 4.83. The zero-order valence-corrected chi connectivity index (χ0v) is 14.0. The maximum Gasteiger partial charge on any atom is 0.336 e. The number of aliphatic hydroxyl groups excluding tert-OH is 1. The monoisotopic (exact) mass is 316 g/mol. The van der Waals surface area contributed by atoms with Gasteiger partial charge in [-0.25, -0.2) is 4.79 Å². The minimum atomic E-state index is -0.271. The molecule has 2 N–H and O–H groups in total. The standard InChI is InChI=1S/C19H25NO3/c1-13-9-14(2)19-15(11-18(22)23-17(19)10-13)12-20-7-4-3-5-16(20)6-8-21/h9-11,16,21H,3-8,12H2,1-2H3/p+1/t16-/m0/s1. The smallest absolute Gasteiger partial charge is 0.336 e. The van der Waals surface area contributed by atoms with Crippen molar-refractivity contribution in [3.8, 4) is 0 Å². The number of hydrogen-bond donors (Lipinski definition) is 2. The van der Waals surface area contributed by atoms with Crippen molar-refractivity contribution >= 4 is 11.0 Å². The fourth-order valence-corrected chi connectivity index (χ4v) is 4.04. The van der Waals surface area contributed by atoms with Crippen molar-refractivity contribution in [3.05, 3.63) is 45.3 Å². The fraction of sp³-hybridized carbons (Fsp3) is 0.526. The largest absolute Gasteiger partial charge is 0.423 e. The predicted octanol–water partition coefficient (Wildman–Crippen LogP) is 1.73. The number of fused-ring (bicyclic) bond motifs is 1. The average molecular weight is 316 g/mol. The number of hydrogen-bond acceptors (Lipinski definition) is 3. The van der Waals surface area contributed by atoms with Crippen LogP contribution in [0.2, 0.25) is 0 Å². The van der Waals surface area contributed by atoms with E-state index >= 15 is 0 Å². The van der Waals surface area contributed by atoms with Gasteiger partial charge >= 0.3 is 5.63 Å². The molecule has 0 spiro atoms. The Balaban J connectivity index is 2.00. The van der Waals surface area contributed by atoms with Gasteiger partial charge in [-0.15, -0.1) is 0 Å². The van der Waals surface area contributed by atoms with E-state index in [-0.39, 0.29) is 12.2 Å². The summed E-state index contributed by atoms with van der Waals surface area (Å²) in [5.41, 5.74) is 3.77. The number of likely N-dealkylation sites (tertiary alicyclic amines) is 1. The van der Waals surface area contributed by atoms with E-state index in [1.165, 1.54) is 17.7 Å². The summed E-state index contributed by atoms with van der Waals surface area (Å²) in [5.74, 6) is 0. The molecule has 0 radical (unpaired) electrons. The lowest BCUT2D eigenvalue weighted by atomic mass is 9.97. The average Bonchev–Trinajstić information content (AvgIpc) is 2.48. The molecule has 0 amide bonds. The number of quaternary nitrogens is 1. The number of piperidine rings is 1. The number of benzene rings is 1. The lowest BCUT2D eigenvalue weighted by Gasteiger charge is -2.32. The second kappa shape index (κ2) is 6.85. The SMILES string of the molecule is Cc1cc(C)c2c(C[NH+]3CCCC[C@H]3CCO)cc(=O)oc2c1. The van der Waals surface area contributed by atoms with Crippen molar-refractivity contribution in [1.82, 2.24) is 0 Å². The summed E-state index contributed by atoms with van der Waals surface area (Å²) in [5, 5.41) is 10.4. The van der Waals surface area contributed by atoms with Gasteiger partial charge in [-0.2, -0.15) is 0 Å². The van der Waals surface area contributed by atoms with Crippen LogP contribution in [-0.4, -0.2) is 24.3 Å². The molecular weight excluding hydrogens is 290 g/mol. The topological polar surface area (TPSA) is 54.9 Å². The van der Waals surface area contributed by atoms with Crippen molar-refractivity contribution in [2.24, 2.45) is 0 Å². The van der Waals surface area contributed by atoms with Gasteiger partial charge < -0.3 is 14.4 Å². The summed E-state index contributed by atoms with van der Waals surface area (Å²) >= 11 is 0. The van der Waals surface area contributed by atoms with Crippen LogP contribution >= 0.6 is 0 Å². The van der Waals surface area contributed by atoms with Crippen LogP contribution in [0.5, 0.6) is 0 Å². The zero-order chi connectivity index (χ0) is 16.4. The van der Waals surface area contributed by atoms with Crippen LogP contribution in [0.15, 0.2) is 27.4 Å². The molecule has 1 unspecified atom stereocenters. The quantitative estimate of drug-likeness (QED) is 0.845. The molecule has 3 rings (SSSR count). The first-order chi connectivity index (χ1) is 11.1. The molecule has 1 fully saturated rings. The van der Waals surface area contributed by atoms with E-state index < -0.39 is 0 Å². The van der Waals surface area contributed by atoms with Crippen molar-refractivity contribution in [1.29, 1.82) is 0 Å². The van der Waals surface area contributed by atoms with E-state index in [9.17, 15) is 9.90 Å². The molecule has 1 aliphatic heterocycles. The first-order valence-electron chi connectivity index (χ1n) is 8.58.